The van der Waals surface area contributed by atoms with Crippen molar-refractivity contribution >= 4 is 21.8 Å². The van der Waals surface area contributed by atoms with Gasteiger partial charge in [0.05, 0.1) is 28.9 Å². The second-order valence-electron chi connectivity index (χ2n) is 5.54. The third-order valence-corrected chi connectivity index (χ3v) is 4.48. The van der Waals surface area contributed by atoms with E-state index in [2.05, 4.69) is 21.1 Å². The van der Waals surface area contributed by atoms with Crippen molar-refractivity contribution in [2.24, 2.45) is 0 Å². The van der Waals surface area contributed by atoms with Crippen molar-refractivity contribution in [3.63, 3.8) is 0 Å². The van der Waals surface area contributed by atoms with E-state index in [1.165, 1.54) is 0 Å². The van der Waals surface area contributed by atoms with Crippen LogP contribution in [0.25, 0.3) is 16.7 Å². The standard InChI is InChI=1S/C12H11N3OS.C7H8NO.Na/c1-17(16)12-13-10-5-4-9(8-11(10)14-12)15-6-2-3-7-15;1-6-5-8-4-3-7(6)9-2;/h2-8H,1H3,(H,13,14);3-4H,1-2H3;/q;-1;+1. The number of ether oxygens (including phenoxy) is 1. The average molecular weight is 390 g/mol. The van der Waals surface area contributed by atoms with Gasteiger partial charge in [-0.25, -0.2) is 4.98 Å². The molecule has 4 aromatic rings. The zero-order chi connectivity index (χ0) is 18.5. The Bertz CT molecular complexity index is 1030. The summed E-state index contributed by atoms with van der Waals surface area (Å²) in [7, 11) is 0.557. The van der Waals surface area contributed by atoms with Gasteiger partial charge in [0.2, 0.25) is 0 Å². The van der Waals surface area contributed by atoms with Crippen LogP contribution in [0.15, 0.2) is 60.1 Å². The van der Waals surface area contributed by atoms with Crippen LogP contribution >= 0.6 is 0 Å². The molecule has 0 saturated heterocycles. The van der Waals surface area contributed by atoms with Crippen molar-refractivity contribution in [3.05, 3.63) is 66.7 Å². The van der Waals surface area contributed by atoms with Crippen LogP contribution in [0.4, 0.5) is 0 Å². The maximum Gasteiger partial charge on any atom is 1.00 e. The predicted molar refractivity (Wildman–Crippen MR) is 102 cm³/mol. The average Bonchev–Trinajstić information content (AvgIpc) is 3.31. The molecular formula is C19H19N4NaO2S. The smallest absolute Gasteiger partial charge is 0.554 e. The molecule has 0 aliphatic heterocycles. The molecular weight excluding hydrogens is 371 g/mol. The SMILES string of the molecule is COc1ccn[c-]c1C.CS(=O)c1nc2ccc(-n3cccc3)cc2[nH]1.[Na+]. The molecule has 8 heteroatoms. The predicted octanol–water partition coefficient (Wildman–Crippen LogP) is 0.294. The maximum absolute atomic E-state index is 11.3. The monoisotopic (exact) mass is 390 g/mol. The van der Waals surface area contributed by atoms with Crippen LogP contribution in [0.1, 0.15) is 5.56 Å². The Balaban J connectivity index is 0.000000224. The number of nitrogens with one attached hydrogen (secondary N) is 1. The molecule has 6 nitrogen and oxygen atoms in total. The van der Waals surface area contributed by atoms with Gasteiger partial charge < -0.3 is 19.3 Å². The van der Waals surface area contributed by atoms with Crippen LogP contribution in [0.5, 0.6) is 5.75 Å². The van der Waals surface area contributed by atoms with Crippen LogP contribution in [-0.4, -0.2) is 37.1 Å². The van der Waals surface area contributed by atoms with E-state index >= 15 is 0 Å². The van der Waals surface area contributed by atoms with Gasteiger partial charge in [0, 0.05) is 30.1 Å². The van der Waals surface area contributed by atoms with E-state index < -0.39 is 10.8 Å². The van der Waals surface area contributed by atoms with Gasteiger partial charge in [0.15, 0.2) is 5.16 Å². The molecule has 3 heterocycles. The minimum absolute atomic E-state index is 0. The molecule has 1 unspecified atom stereocenters. The van der Waals surface area contributed by atoms with E-state index in [1.54, 1.807) is 19.6 Å². The number of benzene rings is 1. The molecule has 0 spiro atoms. The van der Waals surface area contributed by atoms with Gasteiger partial charge in [-0.1, -0.05) is 19.3 Å². The summed E-state index contributed by atoms with van der Waals surface area (Å²) in [4.78, 5) is 11.1. The maximum atomic E-state index is 11.3. The van der Waals surface area contributed by atoms with E-state index in [0.717, 1.165) is 28.0 Å². The van der Waals surface area contributed by atoms with E-state index in [9.17, 15) is 4.21 Å². The van der Waals surface area contributed by atoms with Gasteiger partial charge >= 0.3 is 29.6 Å². The van der Waals surface area contributed by atoms with Crippen molar-refractivity contribution in [1.29, 1.82) is 0 Å². The second-order valence-corrected chi connectivity index (χ2v) is 6.83. The van der Waals surface area contributed by atoms with E-state index in [-0.39, 0.29) is 29.6 Å². The zero-order valence-electron chi connectivity index (χ0n) is 15.8. The molecule has 1 aromatic carbocycles. The molecule has 0 radical (unpaired) electrons. The Kier molecular flexibility index (Phi) is 7.79. The molecule has 0 saturated carbocycles. The van der Waals surface area contributed by atoms with Crippen LogP contribution in [0, 0.1) is 13.1 Å². The summed E-state index contributed by atoms with van der Waals surface area (Å²) in [5.74, 6) is 0.838. The Labute approximate surface area is 182 Å². The molecule has 134 valence electrons. The number of imidazole rings is 1. The Hall–Kier alpha value is -1.93. The number of methoxy groups -OCH3 is 1. The third-order valence-electron chi connectivity index (χ3n) is 3.74. The van der Waals surface area contributed by atoms with Crippen molar-refractivity contribution in [2.45, 2.75) is 12.1 Å². The van der Waals surface area contributed by atoms with Crippen LogP contribution in [0.3, 0.4) is 0 Å². The molecule has 27 heavy (non-hydrogen) atoms. The van der Waals surface area contributed by atoms with Crippen molar-refractivity contribution in [1.82, 2.24) is 19.5 Å². The number of nitrogens with zero attached hydrogens (tertiary/aromatic N) is 3. The summed E-state index contributed by atoms with van der Waals surface area (Å²) in [6, 6.07) is 11.7. The number of H-pyrrole nitrogens is 1. The van der Waals surface area contributed by atoms with Crippen LogP contribution in [-0.2, 0) is 10.8 Å². The van der Waals surface area contributed by atoms with Gasteiger partial charge in [-0.05, 0) is 30.3 Å². The van der Waals surface area contributed by atoms with Gasteiger partial charge in [0.1, 0.15) is 0 Å². The zero-order valence-corrected chi connectivity index (χ0v) is 18.6. The van der Waals surface area contributed by atoms with Crippen LogP contribution in [0.2, 0.25) is 0 Å². The summed E-state index contributed by atoms with van der Waals surface area (Å²) in [5.41, 5.74) is 3.74. The molecule has 0 bridgehead atoms. The number of hydrogen-bond acceptors (Lipinski definition) is 4. The first-order chi connectivity index (χ1) is 12.6. The number of aromatic amines is 1. The van der Waals surface area contributed by atoms with Crippen molar-refractivity contribution < 1.29 is 38.5 Å². The number of pyridine rings is 1. The minimum atomic E-state index is -1.08. The summed E-state index contributed by atoms with van der Waals surface area (Å²) in [5, 5.41) is 0.518. The summed E-state index contributed by atoms with van der Waals surface area (Å²) in [6.07, 6.45) is 10.0. The third kappa shape index (κ3) is 5.29. The quantitative estimate of drug-likeness (QED) is 0.403. The molecule has 0 aliphatic rings. The first-order valence-corrected chi connectivity index (χ1v) is 9.48. The first kappa shape index (κ1) is 21.4. The summed E-state index contributed by atoms with van der Waals surface area (Å²) in [6.45, 7) is 1.91. The second kappa shape index (κ2) is 9.85. The fraction of sp³-hybridized carbons (Fsp3) is 0.158. The van der Waals surface area contributed by atoms with Crippen molar-refractivity contribution in [2.75, 3.05) is 13.4 Å². The summed E-state index contributed by atoms with van der Waals surface area (Å²) < 4.78 is 18.3. The van der Waals surface area contributed by atoms with E-state index in [1.807, 2.05) is 60.3 Å². The van der Waals surface area contributed by atoms with Crippen LogP contribution < -0.4 is 34.3 Å². The molecule has 4 rings (SSSR count). The Morgan fingerprint density at radius 2 is 1.96 bits per heavy atom. The summed E-state index contributed by atoms with van der Waals surface area (Å²) >= 11 is 0. The largest absolute Gasteiger partial charge is 1.00 e. The number of aromatic nitrogens is 4. The molecule has 1 atom stereocenters. The topological polar surface area (TPSA) is 72.8 Å². The molecule has 3 aromatic heterocycles. The van der Waals surface area contributed by atoms with Gasteiger partial charge in [-0.15, -0.1) is 11.6 Å². The number of hydrogen-bond donors (Lipinski definition) is 1. The first-order valence-electron chi connectivity index (χ1n) is 7.92. The minimum Gasteiger partial charge on any atom is -0.554 e. The Morgan fingerprint density at radius 3 is 2.56 bits per heavy atom. The number of aryl methyl sites for hydroxylation is 1. The van der Waals surface area contributed by atoms with Gasteiger partial charge in [-0.2, -0.15) is 0 Å². The molecule has 1 N–H and O–H groups in total. The van der Waals surface area contributed by atoms with Gasteiger partial charge in [-0.3, -0.25) is 4.21 Å². The molecule has 0 fully saturated rings. The fourth-order valence-corrected chi connectivity index (χ4v) is 2.90. The van der Waals surface area contributed by atoms with E-state index in [4.69, 9.17) is 4.74 Å². The van der Waals surface area contributed by atoms with Crippen molar-refractivity contribution in [3.8, 4) is 11.4 Å². The molecule has 0 amide bonds. The number of rotatable bonds is 3. The number of fused-ring (bicyclic) bond motifs is 1. The fourth-order valence-electron chi connectivity index (χ4n) is 2.42. The molecule has 0 aliphatic carbocycles. The van der Waals surface area contributed by atoms with Gasteiger partial charge in [0.25, 0.3) is 0 Å². The van der Waals surface area contributed by atoms with E-state index in [0.29, 0.717) is 5.16 Å². The Morgan fingerprint density at radius 1 is 1.22 bits per heavy atom. The normalized spacial score (nSPS) is 11.2.